The largest absolute Gasteiger partial charge is 0.351 e. The van der Waals surface area contributed by atoms with E-state index in [9.17, 15) is 9.47 Å². The van der Waals surface area contributed by atoms with Gasteiger partial charge in [-0.15, -0.1) is 4.72 Å². The highest BCUT2D eigenvalue weighted by Gasteiger charge is 2.45. The Morgan fingerprint density at radius 1 is 1.48 bits per heavy atom. The molecule has 2 fully saturated rings. The van der Waals surface area contributed by atoms with Crippen molar-refractivity contribution in [3.63, 3.8) is 0 Å². The summed E-state index contributed by atoms with van der Waals surface area (Å²) >= 11 is 0. The first-order valence-electron chi connectivity index (χ1n) is 7.18. The van der Waals surface area contributed by atoms with Gasteiger partial charge in [0.2, 0.25) is 0 Å². The molecule has 1 aliphatic carbocycles. The summed E-state index contributed by atoms with van der Waals surface area (Å²) in [6.07, 6.45) is 7.74. The van der Waals surface area contributed by atoms with Crippen LogP contribution >= 0.6 is 0 Å². The number of nitrogens with zero attached hydrogens (tertiary/aromatic N) is 3. The standard InChI is InChI=1S/C15H21N4OS/c1-15(18-21(2,3)20)9-19(10-15)14-12(7-16)6-13(8-17-14)11-4-5-11/h6,8,11H,4-5,9-10H2,1-3H3,(H,18,20)/q+1. The molecule has 2 heterocycles. The van der Waals surface area contributed by atoms with Crippen LogP contribution in [0.2, 0.25) is 0 Å². The number of anilines is 1. The molecule has 0 unspecified atom stereocenters. The smallest absolute Gasteiger partial charge is 0.150 e. The molecule has 1 aromatic heterocycles. The third-order valence-electron chi connectivity index (χ3n) is 3.93. The predicted octanol–water partition coefficient (Wildman–Crippen LogP) is 1.67. The first-order valence-corrected chi connectivity index (χ1v) is 9.55. The molecule has 0 aromatic carbocycles. The fourth-order valence-electron chi connectivity index (χ4n) is 3.05. The van der Waals surface area contributed by atoms with Crippen molar-refractivity contribution >= 4 is 15.9 Å². The van der Waals surface area contributed by atoms with Crippen molar-refractivity contribution < 1.29 is 4.21 Å². The molecule has 21 heavy (non-hydrogen) atoms. The van der Waals surface area contributed by atoms with Gasteiger partial charge in [-0.2, -0.15) is 5.26 Å². The second-order valence-corrected chi connectivity index (χ2v) is 9.45. The van der Waals surface area contributed by atoms with Crippen molar-refractivity contribution in [2.45, 2.75) is 31.2 Å². The molecule has 1 aliphatic heterocycles. The average molecular weight is 305 g/mol. The van der Waals surface area contributed by atoms with E-state index >= 15 is 0 Å². The molecule has 1 N–H and O–H groups in total. The van der Waals surface area contributed by atoms with Crippen LogP contribution in [0.25, 0.3) is 0 Å². The summed E-state index contributed by atoms with van der Waals surface area (Å²) in [6.45, 7) is 3.49. The topological polar surface area (TPSA) is 69.0 Å². The van der Waals surface area contributed by atoms with Crippen molar-refractivity contribution in [1.29, 1.82) is 5.26 Å². The maximum Gasteiger partial charge on any atom is 0.150 e. The zero-order chi connectivity index (χ0) is 15.3. The normalized spacial score (nSPS) is 20.8. The van der Waals surface area contributed by atoms with E-state index in [-0.39, 0.29) is 5.54 Å². The van der Waals surface area contributed by atoms with Crippen molar-refractivity contribution in [3.8, 4) is 6.07 Å². The molecule has 2 aliphatic rings. The Bertz CT molecular complexity index is 650. The fraction of sp³-hybridized carbons (Fsp3) is 0.600. The predicted molar refractivity (Wildman–Crippen MR) is 84.6 cm³/mol. The molecule has 1 saturated heterocycles. The monoisotopic (exact) mass is 305 g/mol. The summed E-state index contributed by atoms with van der Waals surface area (Å²) in [5, 5.41) is 9.35. The van der Waals surface area contributed by atoms with Crippen molar-refractivity contribution in [1.82, 2.24) is 9.71 Å². The SMILES string of the molecule is CC1(N[S+](C)(C)=O)CN(c2ncc(C3CC3)cc2C#N)C1. The first-order chi connectivity index (χ1) is 9.80. The molecule has 0 radical (unpaired) electrons. The third-order valence-corrected chi connectivity index (χ3v) is 4.91. The minimum absolute atomic E-state index is 0.176. The van der Waals surface area contributed by atoms with Crippen LogP contribution in [0.1, 0.15) is 36.8 Å². The molecule has 3 rings (SSSR count). The minimum atomic E-state index is -1.99. The highest BCUT2D eigenvalue weighted by atomic mass is 32.3. The molecule has 112 valence electrons. The molecule has 1 aromatic rings. The maximum atomic E-state index is 11.9. The zero-order valence-electron chi connectivity index (χ0n) is 12.7. The third kappa shape index (κ3) is 3.09. The van der Waals surface area contributed by atoms with Gasteiger partial charge in [0.05, 0.1) is 11.1 Å². The van der Waals surface area contributed by atoms with E-state index in [1.54, 1.807) is 12.5 Å². The summed E-state index contributed by atoms with van der Waals surface area (Å²) in [5.74, 6) is 1.35. The number of hydrogen-bond acceptors (Lipinski definition) is 4. The van der Waals surface area contributed by atoms with Gasteiger partial charge in [-0.3, -0.25) is 0 Å². The highest BCUT2D eigenvalue weighted by Crippen LogP contribution is 2.41. The van der Waals surface area contributed by atoms with E-state index in [0.717, 1.165) is 18.9 Å². The van der Waals surface area contributed by atoms with Crippen LogP contribution in [0, 0.1) is 11.3 Å². The van der Waals surface area contributed by atoms with Crippen molar-refractivity contribution in [2.75, 3.05) is 30.5 Å². The second kappa shape index (κ2) is 4.79. The van der Waals surface area contributed by atoms with E-state index in [1.165, 1.54) is 18.4 Å². The molecule has 1 saturated carbocycles. The molecule has 0 amide bonds. The molecule has 5 nitrogen and oxygen atoms in total. The van der Waals surface area contributed by atoms with Crippen molar-refractivity contribution in [3.05, 3.63) is 23.4 Å². The van der Waals surface area contributed by atoms with Gasteiger partial charge in [0, 0.05) is 19.3 Å². The minimum Gasteiger partial charge on any atom is -0.351 e. The number of nitrogens with one attached hydrogen (secondary N) is 1. The zero-order valence-corrected chi connectivity index (χ0v) is 13.5. The van der Waals surface area contributed by atoms with E-state index < -0.39 is 10.1 Å². The number of pyridine rings is 1. The van der Waals surface area contributed by atoms with E-state index in [1.807, 2.05) is 12.3 Å². The van der Waals surface area contributed by atoms with Crippen LogP contribution in [0.4, 0.5) is 5.82 Å². The Balaban J connectivity index is 1.75. The van der Waals surface area contributed by atoms with Crippen LogP contribution in [0.5, 0.6) is 0 Å². The summed E-state index contributed by atoms with van der Waals surface area (Å²) < 4.78 is 15.1. The lowest BCUT2D eigenvalue weighted by Crippen LogP contribution is -2.69. The number of nitriles is 1. The Morgan fingerprint density at radius 2 is 2.14 bits per heavy atom. The molecule has 0 bridgehead atoms. The lowest BCUT2D eigenvalue weighted by atomic mass is 9.93. The first kappa shape index (κ1) is 14.5. The molecular weight excluding hydrogens is 284 g/mol. The van der Waals surface area contributed by atoms with Crippen LogP contribution in [-0.2, 0) is 14.3 Å². The molecule has 0 spiro atoms. The lowest BCUT2D eigenvalue weighted by Gasteiger charge is -2.47. The lowest BCUT2D eigenvalue weighted by molar-refractivity contribution is 0.330. The Labute approximate surface area is 126 Å². The number of rotatable bonds is 4. The fourth-order valence-corrected chi connectivity index (χ4v) is 4.37. The summed E-state index contributed by atoms with van der Waals surface area (Å²) in [7, 11) is -1.99. The summed E-state index contributed by atoms with van der Waals surface area (Å²) in [4.78, 5) is 6.58. The van der Waals surface area contributed by atoms with Crippen LogP contribution < -0.4 is 9.62 Å². The van der Waals surface area contributed by atoms with Gasteiger partial charge in [-0.05, 0) is 37.3 Å². The summed E-state index contributed by atoms with van der Waals surface area (Å²) in [5.41, 5.74) is 1.65. The average Bonchev–Trinajstić information content (AvgIpc) is 3.17. The van der Waals surface area contributed by atoms with Crippen LogP contribution in [-0.4, -0.2) is 36.1 Å². The van der Waals surface area contributed by atoms with Gasteiger partial charge < -0.3 is 4.90 Å². The van der Waals surface area contributed by atoms with Gasteiger partial charge in [0.25, 0.3) is 0 Å². The van der Waals surface area contributed by atoms with Gasteiger partial charge >= 0.3 is 0 Å². The van der Waals surface area contributed by atoms with Gasteiger partial charge in [0.15, 0.2) is 0 Å². The van der Waals surface area contributed by atoms with Gasteiger partial charge in [0.1, 0.15) is 34.5 Å². The molecular formula is C15H21N4OS+. The Morgan fingerprint density at radius 3 is 2.67 bits per heavy atom. The number of aromatic nitrogens is 1. The van der Waals surface area contributed by atoms with E-state index in [0.29, 0.717) is 11.5 Å². The molecule has 0 atom stereocenters. The highest BCUT2D eigenvalue weighted by molar-refractivity contribution is 7.99. The van der Waals surface area contributed by atoms with E-state index in [4.69, 9.17) is 0 Å². The number of hydrogen-bond donors (Lipinski definition) is 1. The molecule has 6 heteroatoms. The summed E-state index contributed by atoms with van der Waals surface area (Å²) in [6, 6.07) is 4.24. The van der Waals surface area contributed by atoms with E-state index in [2.05, 4.69) is 27.6 Å². The van der Waals surface area contributed by atoms with Gasteiger partial charge in [-0.25, -0.2) is 4.98 Å². The second-order valence-electron chi connectivity index (χ2n) is 6.78. The maximum absolute atomic E-state index is 11.9. The Kier molecular flexibility index (Phi) is 3.30. The Hall–Kier alpha value is -1.45. The van der Waals surface area contributed by atoms with Crippen LogP contribution in [0.3, 0.4) is 0 Å². The van der Waals surface area contributed by atoms with Crippen molar-refractivity contribution in [2.24, 2.45) is 0 Å². The van der Waals surface area contributed by atoms with Gasteiger partial charge in [-0.1, -0.05) is 4.21 Å². The van der Waals surface area contributed by atoms with Crippen LogP contribution in [0.15, 0.2) is 12.3 Å². The quantitative estimate of drug-likeness (QED) is 0.859.